The number of Topliss-reactive ketones (excluding diaryl/α,β-unsaturated/α-hetero) is 1. The summed E-state index contributed by atoms with van der Waals surface area (Å²) >= 11 is 0. The van der Waals surface area contributed by atoms with Crippen LogP contribution >= 0.6 is 0 Å². The molecule has 0 saturated heterocycles. The lowest BCUT2D eigenvalue weighted by Gasteiger charge is -2.05. The highest BCUT2D eigenvalue weighted by molar-refractivity contribution is 5.97. The van der Waals surface area contributed by atoms with Gasteiger partial charge in [-0.25, -0.2) is 8.78 Å². The van der Waals surface area contributed by atoms with Crippen molar-refractivity contribution in [2.45, 2.75) is 13.3 Å². The summed E-state index contributed by atoms with van der Waals surface area (Å²) in [5.41, 5.74) is 5.43. The van der Waals surface area contributed by atoms with E-state index >= 15 is 0 Å². The average Bonchev–Trinajstić information content (AvgIpc) is 2.11. The molecule has 0 fully saturated rings. The van der Waals surface area contributed by atoms with Crippen molar-refractivity contribution in [3.8, 4) is 0 Å². The molecule has 0 aliphatic rings. The lowest BCUT2D eigenvalue weighted by Crippen LogP contribution is -2.10. The maximum Gasteiger partial charge on any atom is 0.164 e. The van der Waals surface area contributed by atoms with E-state index in [1.165, 1.54) is 6.92 Å². The predicted octanol–water partition coefficient (Wildman–Crippen LogP) is 1.80. The van der Waals surface area contributed by atoms with E-state index in [0.29, 0.717) is 0 Å². The molecule has 76 valence electrons. The lowest BCUT2D eigenvalue weighted by molar-refractivity contribution is 0.0984. The Morgan fingerprint density at radius 2 is 2.07 bits per heavy atom. The quantitative estimate of drug-likeness (QED) is 0.754. The fourth-order valence-corrected chi connectivity index (χ4v) is 1.20. The van der Waals surface area contributed by atoms with Gasteiger partial charge in [-0.05, 0) is 25.1 Å². The Balaban J connectivity index is 3.13. The molecule has 0 aliphatic heterocycles. The highest BCUT2D eigenvalue weighted by Gasteiger charge is 2.13. The van der Waals surface area contributed by atoms with Gasteiger partial charge in [0.25, 0.3) is 0 Å². The summed E-state index contributed by atoms with van der Waals surface area (Å²) in [6.45, 7) is 1.62. The molecule has 1 aromatic rings. The molecule has 2 nitrogen and oxygen atoms in total. The number of nitrogens with two attached hydrogens (primary N) is 1. The maximum absolute atomic E-state index is 13.0. The molecule has 0 amide bonds. The van der Waals surface area contributed by atoms with Gasteiger partial charge in [0.15, 0.2) is 5.78 Å². The first-order valence-electron chi connectivity index (χ1n) is 4.25. The summed E-state index contributed by atoms with van der Waals surface area (Å²) < 4.78 is 25.8. The Bertz CT molecular complexity index is 363. The van der Waals surface area contributed by atoms with E-state index < -0.39 is 11.6 Å². The fourth-order valence-electron chi connectivity index (χ4n) is 1.20. The van der Waals surface area contributed by atoms with Crippen molar-refractivity contribution >= 4 is 5.78 Å². The number of halogens is 2. The van der Waals surface area contributed by atoms with Crippen LogP contribution in [0.2, 0.25) is 0 Å². The van der Waals surface area contributed by atoms with Gasteiger partial charge in [0.1, 0.15) is 11.6 Å². The molecular formula is C10H11F2NO. The van der Waals surface area contributed by atoms with Crippen LogP contribution in [0.25, 0.3) is 0 Å². The van der Waals surface area contributed by atoms with Gasteiger partial charge < -0.3 is 5.73 Å². The number of carbonyl (C=O) groups excluding carboxylic acids is 1. The third-order valence-electron chi connectivity index (χ3n) is 1.98. The fraction of sp³-hybridized carbons (Fsp3) is 0.300. The lowest BCUT2D eigenvalue weighted by atomic mass is 10.0. The van der Waals surface area contributed by atoms with Crippen LogP contribution in [-0.2, 0) is 0 Å². The van der Waals surface area contributed by atoms with Gasteiger partial charge in [-0.15, -0.1) is 0 Å². The van der Waals surface area contributed by atoms with Crippen molar-refractivity contribution < 1.29 is 13.6 Å². The summed E-state index contributed by atoms with van der Waals surface area (Å²) in [5, 5.41) is 0. The van der Waals surface area contributed by atoms with Gasteiger partial charge in [-0.2, -0.15) is 0 Å². The second-order valence-corrected chi connectivity index (χ2v) is 3.02. The van der Waals surface area contributed by atoms with E-state index in [-0.39, 0.29) is 29.9 Å². The monoisotopic (exact) mass is 199 g/mol. The van der Waals surface area contributed by atoms with E-state index in [2.05, 4.69) is 0 Å². The molecule has 0 bridgehead atoms. The minimum absolute atomic E-state index is 0.0768. The van der Waals surface area contributed by atoms with Crippen LogP contribution in [0.1, 0.15) is 22.3 Å². The smallest absolute Gasteiger partial charge is 0.164 e. The molecule has 0 unspecified atom stereocenters. The van der Waals surface area contributed by atoms with E-state index in [9.17, 15) is 13.6 Å². The summed E-state index contributed by atoms with van der Waals surface area (Å²) in [4.78, 5) is 11.4. The van der Waals surface area contributed by atoms with E-state index in [1.807, 2.05) is 0 Å². The Hall–Kier alpha value is -1.29. The van der Waals surface area contributed by atoms with E-state index in [4.69, 9.17) is 5.73 Å². The van der Waals surface area contributed by atoms with Crippen LogP contribution in [0.15, 0.2) is 12.1 Å². The number of rotatable bonds is 3. The zero-order chi connectivity index (χ0) is 10.7. The number of carbonyl (C=O) groups is 1. The standard InChI is InChI=1S/C10H11F2NO/c1-6-8(10(14)2-3-13)4-7(11)5-9(6)12/h4-5H,2-3,13H2,1H3. The molecule has 0 aromatic heterocycles. The molecule has 0 heterocycles. The number of benzene rings is 1. The zero-order valence-corrected chi connectivity index (χ0v) is 7.81. The van der Waals surface area contributed by atoms with Crippen LogP contribution in [-0.4, -0.2) is 12.3 Å². The topological polar surface area (TPSA) is 43.1 Å². The highest BCUT2D eigenvalue weighted by Crippen LogP contribution is 2.16. The van der Waals surface area contributed by atoms with Crippen molar-refractivity contribution in [2.24, 2.45) is 5.73 Å². The van der Waals surface area contributed by atoms with Gasteiger partial charge in [-0.1, -0.05) is 0 Å². The minimum Gasteiger partial charge on any atom is -0.330 e. The van der Waals surface area contributed by atoms with Crippen LogP contribution < -0.4 is 5.73 Å². The van der Waals surface area contributed by atoms with Crippen LogP contribution in [0.3, 0.4) is 0 Å². The molecule has 0 aliphatic carbocycles. The molecule has 0 spiro atoms. The largest absolute Gasteiger partial charge is 0.330 e. The molecule has 4 heteroatoms. The molecule has 0 saturated carbocycles. The molecule has 0 atom stereocenters. The van der Waals surface area contributed by atoms with Crippen molar-refractivity contribution in [1.82, 2.24) is 0 Å². The molecule has 2 N–H and O–H groups in total. The van der Waals surface area contributed by atoms with Gasteiger partial charge in [0, 0.05) is 18.1 Å². The second kappa shape index (κ2) is 4.28. The predicted molar refractivity (Wildman–Crippen MR) is 49.1 cm³/mol. The Labute approximate surface area is 80.7 Å². The van der Waals surface area contributed by atoms with Crippen molar-refractivity contribution in [2.75, 3.05) is 6.54 Å². The van der Waals surface area contributed by atoms with E-state index in [0.717, 1.165) is 12.1 Å². The summed E-state index contributed by atoms with van der Waals surface area (Å²) in [5.74, 6) is -1.78. The first-order valence-corrected chi connectivity index (χ1v) is 4.25. The maximum atomic E-state index is 13.0. The van der Waals surface area contributed by atoms with Crippen molar-refractivity contribution in [3.63, 3.8) is 0 Å². The average molecular weight is 199 g/mol. The van der Waals surface area contributed by atoms with Gasteiger partial charge in [0.05, 0.1) is 0 Å². The minimum atomic E-state index is -0.742. The van der Waals surface area contributed by atoms with Gasteiger partial charge in [0.2, 0.25) is 0 Å². The normalized spacial score (nSPS) is 10.3. The van der Waals surface area contributed by atoms with Gasteiger partial charge in [-0.3, -0.25) is 4.79 Å². The Kier molecular flexibility index (Phi) is 3.30. The van der Waals surface area contributed by atoms with Crippen LogP contribution in [0.4, 0.5) is 8.78 Å². The highest BCUT2D eigenvalue weighted by atomic mass is 19.1. The molecular weight excluding hydrogens is 188 g/mol. The third-order valence-corrected chi connectivity index (χ3v) is 1.98. The van der Waals surface area contributed by atoms with E-state index in [1.54, 1.807) is 0 Å². The summed E-state index contributed by atoms with van der Waals surface area (Å²) in [6.07, 6.45) is 0.101. The first kappa shape index (κ1) is 10.8. The Morgan fingerprint density at radius 3 is 2.64 bits per heavy atom. The van der Waals surface area contributed by atoms with Crippen LogP contribution in [0.5, 0.6) is 0 Å². The zero-order valence-electron chi connectivity index (χ0n) is 7.81. The first-order chi connectivity index (χ1) is 6.56. The number of hydrogen-bond donors (Lipinski definition) is 1. The summed E-state index contributed by atoms with van der Waals surface area (Å²) in [6, 6.07) is 1.80. The molecule has 14 heavy (non-hydrogen) atoms. The second-order valence-electron chi connectivity index (χ2n) is 3.02. The molecule has 1 rings (SSSR count). The number of hydrogen-bond acceptors (Lipinski definition) is 2. The number of ketones is 1. The van der Waals surface area contributed by atoms with Crippen molar-refractivity contribution in [1.29, 1.82) is 0 Å². The third kappa shape index (κ3) is 2.14. The summed E-state index contributed by atoms with van der Waals surface area (Å²) in [7, 11) is 0. The molecule has 1 aromatic carbocycles. The van der Waals surface area contributed by atoms with Gasteiger partial charge >= 0.3 is 0 Å². The van der Waals surface area contributed by atoms with Crippen molar-refractivity contribution in [3.05, 3.63) is 34.9 Å². The molecule has 0 radical (unpaired) electrons. The SMILES string of the molecule is Cc1c(F)cc(F)cc1C(=O)CCN. The van der Waals surface area contributed by atoms with Crippen LogP contribution in [0, 0.1) is 18.6 Å². The Morgan fingerprint density at radius 1 is 1.43 bits per heavy atom.